The van der Waals surface area contributed by atoms with E-state index in [2.05, 4.69) is 10.1 Å². The Morgan fingerprint density at radius 2 is 1.86 bits per heavy atom. The zero-order valence-corrected chi connectivity index (χ0v) is 16.3. The van der Waals surface area contributed by atoms with E-state index in [1.165, 1.54) is 32.4 Å². The van der Waals surface area contributed by atoms with Crippen LogP contribution in [0.25, 0.3) is 16.9 Å². The summed E-state index contributed by atoms with van der Waals surface area (Å²) in [6.07, 6.45) is -4.78. The highest BCUT2D eigenvalue weighted by molar-refractivity contribution is 6.36. The number of rotatable bonds is 5. The maximum atomic E-state index is 13.7. The van der Waals surface area contributed by atoms with Crippen LogP contribution in [0.2, 0.25) is 5.02 Å². The van der Waals surface area contributed by atoms with Crippen LogP contribution in [0.15, 0.2) is 24.3 Å². The lowest BCUT2D eigenvalue weighted by Gasteiger charge is -2.12. The zero-order chi connectivity index (χ0) is 21.3. The number of carbonyl (C=O) groups is 1. The maximum absolute atomic E-state index is 13.7. The highest BCUT2D eigenvalue weighted by atomic mass is 35.5. The van der Waals surface area contributed by atoms with Gasteiger partial charge in [-0.05, 0) is 31.2 Å². The van der Waals surface area contributed by atoms with Gasteiger partial charge in [0.25, 0.3) is 0 Å². The number of fused-ring (bicyclic) bond motifs is 1. The molecular formula is C18H15ClF3N3O4. The molecule has 0 saturated carbocycles. The predicted octanol–water partition coefficient (Wildman–Crippen LogP) is 4.26. The Morgan fingerprint density at radius 1 is 1.17 bits per heavy atom. The number of alkyl halides is 3. The summed E-state index contributed by atoms with van der Waals surface area (Å²) in [5.41, 5.74) is -1.64. The molecule has 3 rings (SSSR count). The minimum absolute atomic E-state index is 0.0134. The monoisotopic (exact) mass is 429 g/mol. The topological polar surface area (TPSA) is 75.0 Å². The SMILES string of the molecule is CCOC(=O)c1nn2c(C(F)(F)F)cc(-c3ccc(OC)c(OC)c3)nc2c1Cl. The van der Waals surface area contributed by atoms with Gasteiger partial charge in [0.15, 0.2) is 28.5 Å². The van der Waals surface area contributed by atoms with Crippen molar-refractivity contribution in [3.63, 3.8) is 0 Å². The number of hydrogen-bond donors (Lipinski definition) is 0. The molecule has 11 heteroatoms. The first-order chi connectivity index (χ1) is 13.7. The van der Waals surface area contributed by atoms with Gasteiger partial charge in [-0.2, -0.15) is 18.3 Å². The molecule has 2 heterocycles. The number of methoxy groups -OCH3 is 2. The number of esters is 1. The van der Waals surface area contributed by atoms with Gasteiger partial charge in [0.05, 0.1) is 26.5 Å². The molecule has 0 saturated heterocycles. The molecule has 0 aliphatic carbocycles. The van der Waals surface area contributed by atoms with Crippen LogP contribution < -0.4 is 9.47 Å². The van der Waals surface area contributed by atoms with E-state index in [-0.39, 0.29) is 23.0 Å². The molecule has 0 unspecified atom stereocenters. The molecule has 0 fully saturated rings. The van der Waals surface area contributed by atoms with Crippen molar-refractivity contribution in [2.75, 3.05) is 20.8 Å². The quantitative estimate of drug-likeness (QED) is 0.564. The molecule has 0 aliphatic rings. The summed E-state index contributed by atoms with van der Waals surface area (Å²) in [6.45, 7) is 1.57. The number of benzene rings is 1. The van der Waals surface area contributed by atoms with Crippen LogP contribution in [0.4, 0.5) is 13.2 Å². The second kappa shape index (κ2) is 7.78. The maximum Gasteiger partial charge on any atom is 0.433 e. The molecule has 0 N–H and O–H groups in total. The van der Waals surface area contributed by atoms with Gasteiger partial charge >= 0.3 is 12.1 Å². The molecule has 0 aliphatic heterocycles. The van der Waals surface area contributed by atoms with Crippen molar-refractivity contribution < 1.29 is 32.2 Å². The molecule has 0 radical (unpaired) electrons. The molecule has 29 heavy (non-hydrogen) atoms. The fraction of sp³-hybridized carbons (Fsp3) is 0.278. The number of carbonyl (C=O) groups excluding carboxylic acids is 1. The average Bonchev–Trinajstić information content (AvgIpc) is 3.02. The van der Waals surface area contributed by atoms with Crippen molar-refractivity contribution in [3.05, 3.63) is 40.7 Å². The van der Waals surface area contributed by atoms with Gasteiger partial charge < -0.3 is 14.2 Å². The van der Waals surface area contributed by atoms with Crippen LogP contribution in [0.1, 0.15) is 23.1 Å². The molecule has 0 atom stereocenters. The van der Waals surface area contributed by atoms with Gasteiger partial charge in [0.1, 0.15) is 5.02 Å². The average molecular weight is 430 g/mol. The lowest BCUT2D eigenvalue weighted by molar-refractivity contribution is -0.142. The van der Waals surface area contributed by atoms with Gasteiger partial charge in [0.2, 0.25) is 0 Å². The van der Waals surface area contributed by atoms with Crippen LogP contribution in [-0.4, -0.2) is 41.4 Å². The molecule has 0 spiro atoms. The Labute approximate surface area is 168 Å². The molecule has 0 amide bonds. The van der Waals surface area contributed by atoms with Crippen LogP contribution in [-0.2, 0) is 10.9 Å². The molecular weight excluding hydrogens is 415 g/mol. The number of nitrogens with zero attached hydrogens (tertiary/aromatic N) is 3. The van der Waals surface area contributed by atoms with Gasteiger partial charge in [0, 0.05) is 5.56 Å². The molecule has 3 aromatic rings. The summed E-state index contributed by atoms with van der Waals surface area (Å²) in [7, 11) is 2.84. The van der Waals surface area contributed by atoms with E-state index in [1.807, 2.05) is 0 Å². The summed E-state index contributed by atoms with van der Waals surface area (Å²) < 4.78 is 56.6. The second-order valence-corrected chi connectivity index (χ2v) is 6.09. The van der Waals surface area contributed by atoms with Crippen LogP contribution in [0.5, 0.6) is 11.5 Å². The van der Waals surface area contributed by atoms with Gasteiger partial charge in [-0.25, -0.2) is 14.3 Å². The normalized spacial score (nSPS) is 11.6. The van der Waals surface area contributed by atoms with Crippen LogP contribution in [0, 0.1) is 0 Å². The van der Waals surface area contributed by atoms with Crippen molar-refractivity contribution in [2.24, 2.45) is 0 Å². The number of hydrogen-bond acceptors (Lipinski definition) is 6. The lowest BCUT2D eigenvalue weighted by atomic mass is 10.1. The van der Waals surface area contributed by atoms with Crippen molar-refractivity contribution in [1.82, 2.24) is 14.6 Å². The summed E-state index contributed by atoms with van der Waals surface area (Å²) in [5.74, 6) is -0.226. The Bertz CT molecular complexity index is 1080. The van der Waals surface area contributed by atoms with Crippen molar-refractivity contribution >= 4 is 23.2 Å². The molecule has 7 nitrogen and oxygen atoms in total. The van der Waals surface area contributed by atoms with E-state index in [0.29, 0.717) is 21.6 Å². The van der Waals surface area contributed by atoms with E-state index in [9.17, 15) is 18.0 Å². The van der Waals surface area contributed by atoms with Gasteiger partial charge in [-0.3, -0.25) is 0 Å². The largest absolute Gasteiger partial charge is 0.493 e. The Balaban J connectivity index is 2.27. The van der Waals surface area contributed by atoms with Crippen molar-refractivity contribution in [1.29, 1.82) is 0 Å². The van der Waals surface area contributed by atoms with E-state index in [0.717, 1.165) is 6.07 Å². The van der Waals surface area contributed by atoms with E-state index < -0.39 is 23.5 Å². The van der Waals surface area contributed by atoms with Crippen molar-refractivity contribution in [2.45, 2.75) is 13.1 Å². The third kappa shape index (κ3) is 3.80. The number of ether oxygens (including phenoxy) is 3. The Kier molecular flexibility index (Phi) is 5.56. The lowest BCUT2D eigenvalue weighted by Crippen LogP contribution is -2.14. The highest BCUT2D eigenvalue weighted by Crippen LogP contribution is 2.37. The standard InChI is InChI=1S/C18H15ClF3N3O4/c1-4-29-17(26)15-14(19)16-23-10(8-13(18(20,21)22)25(16)24-15)9-5-6-11(27-2)12(7-9)28-3/h5-8H,4H2,1-3H3. The zero-order valence-electron chi connectivity index (χ0n) is 15.5. The van der Waals surface area contributed by atoms with Gasteiger partial charge in [-0.1, -0.05) is 11.6 Å². The third-order valence-corrected chi connectivity index (χ3v) is 4.32. The first kappa shape index (κ1) is 20.7. The first-order valence-electron chi connectivity index (χ1n) is 8.27. The fourth-order valence-corrected chi connectivity index (χ4v) is 2.90. The summed E-state index contributed by atoms with van der Waals surface area (Å²) in [5, 5.41) is 3.34. The smallest absolute Gasteiger partial charge is 0.433 e. The third-order valence-electron chi connectivity index (χ3n) is 3.97. The number of aromatic nitrogens is 3. The Hall–Kier alpha value is -3.01. The summed E-state index contributed by atoms with van der Waals surface area (Å²) >= 11 is 6.12. The predicted molar refractivity (Wildman–Crippen MR) is 97.5 cm³/mol. The summed E-state index contributed by atoms with van der Waals surface area (Å²) in [6, 6.07) is 5.35. The fourth-order valence-electron chi connectivity index (χ4n) is 2.67. The summed E-state index contributed by atoms with van der Waals surface area (Å²) in [4.78, 5) is 16.2. The second-order valence-electron chi connectivity index (χ2n) is 5.71. The van der Waals surface area contributed by atoms with E-state index >= 15 is 0 Å². The first-order valence-corrected chi connectivity index (χ1v) is 8.65. The Morgan fingerprint density at radius 3 is 2.45 bits per heavy atom. The highest BCUT2D eigenvalue weighted by Gasteiger charge is 2.37. The van der Waals surface area contributed by atoms with E-state index in [4.69, 9.17) is 25.8 Å². The van der Waals surface area contributed by atoms with Crippen LogP contribution in [0.3, 0.4) is 0 Å². The molecule has 0 bridgehead atoms. The minimum Gasteiger partial charge on any atom is -0.493 e. The van der Waals surface area contributed by atoms with Crippen molar-refractivity contribution in [3.8, 4) is 22.8 Å². The van der Waals surface area contributed by atoms with Gasteiger partial charge in [-0.15, -0.1) is 0 Å². The molecule has 2 aromatic heterocycles. The minimum atomic E-state index is -4.78. The van der Waals surface area contributed by atoms with E-state index in [1.54, 1.807) is 6.92 Å². The molecule has 1 aromatic carbocycles. The molecule has 154 valence electrons. The van der Waals surface area contributed by atoms with Crippen LogP contribution >= 0.6 is 11.6 Å². The number of halogens is 4.